The number of carbonyl (C=O) groups excluding carboxylic acids is 1. The van der Waals surface area contributed by atoms with E-state index in [1.807, 2.05) is 41.7 Å². The third-order valence-electron chi connectivity index (χ3n) is 4.59. The van der Waals surface area contributed by atoms with E-state index in [2.05, 4.69) is 16.4 Å². The Morgan fingerprint density at radius 2 is 2.00 bits per heavy atom. The minimum atomic E-state index is -0.718. The van der Waals surface area contributed by atoms with Crippen LogP contribution in [-0.2, 0) is 11.2 Å². The van der Waals surface area contributed by atoms with Gasteiger partial charge in [-0.15, -0.1) is 23.5 Å². The average Bonchev–Trinajstić information content (AvgIpc) is 3.22. The molecule has 8 heteroatoms. The number of aryl methyl sites for hydroxylation is 1. The Balaban J connectivity index is 1.34. The molecule has 0 aliphatic carbocycles. The second-order valence-corrected chi connectivity index (χ2v) is 9.57. The van der Waals surface area contributed by atoms with E-state index in [1.54, 1.807) is 0 Å². The number of anilines is 1. The van der Waals surface area contributed by atoms with Crippen LogP contribution in [0.4, 0.5) is 14.5 Å². The molecule has 1 amide bonds. The first kappa shape index (κ1) is 20.9. The van der Waals surface area contributed by atoms with Gasteiger partial charge in [0.25, 0.3) is 0 Å². The summed E-state index contributed by atoms with van der Waals surface area (Å²) in [5, 5.41) is 2.92. The lowest BCUT2D eigenvalue weighted by Gasteiger charge is -2.21. The van der Waals surface area contributed by atoms with Gasteiger partial charge in [-0.25, -0.2) is 13.8 Å². The molecule has 0 atom stereocenters. The van der Waals surface area contributed by atoms with Crippen molar-refractivity contribution in [3.05, 3.63) is 71.8 Å². The normalized spacial score (nSPS) is 14.6. The zero-order chi connectivity index (χ0) is 20.9. The highest BCUT2D eigenvalue weighted by Gasteiger charge is 2.17. The first-order chi connectivity index (χ1) is 14.6. The Labute approximate surface area is 181 Å². The molecule has 0 bridgehead atoms. The molecule has 1 aliphatic heterocycles. The van der Waals surface area contributed by atoms with Gasteiger partial charge in [0.05, 0.1) is 16.3 Å². The predicted molar refractivity (Wildman–Crippen MR) is 118 cm³/mol. The third-order valence-corrected chi connectivity index (χ3v) is 7.60. The second kappa shape index (κ2) is 9.66. The summed E-state index contributed by atoms with van der Waals surface area (Å²) < 4.78 is 32.9. The highest BCUT2D eigenvalue weighted by Crippen LogP contribution is 2.44. The molecule has 1 saturated heterocycles. The maximum absolute atomic E-state index is 13.9. The summed E-state index contributed by atoms with van der Waals surface area (Å²) in [5.41, 5.74) is 2.11. The summed E-state index contributed by atoms with van der Waals surface area (Å²) in [6, 6.07) is 11.2. The Morgan fingerprint density at radius 3 is 2.80 bits per heavy atom. The number of aromatic nitrogens is 1. The van der Waals surface area contributed by atoms with Gasteiger partial charge in [-0.2, -0.15) is 0 Å². The van der Waals surface area contributed by atoms with Gasteiger partial charge in [0.15, 0.2) is 11.7 Å². The fraction of sp³-hybridized carbons (Fsp3) is 0.273. The molecule has 156 valence electrons. The Bertz CT molecular complexity index is 1040. The van der Waals surface area contributed by atoms with E-state index in [0.29, 0.717) is 10.5 Å². The minimum Gasteiger partial charge on any atom is -0.441 e. The molecule has 2 aromatic carbocycles. The van der Waals surface area contributed by atoms with E-state index >= 15 is 0 Å². The van der Waals surface area contributed by atoms with Crippen LogP contribution in [0.5, 0.6) is 0 Å². The van der Waals surface area contributed by atoms with Crippen molar-refractivity contribution in [2.45, 2.75) is 23.8 Å². The highest BCUT2D eigenvalue weighted by molar-refractivity contribution is 8.16. The summed E-state index contributed by atoms with van der Waals surface area (Å²) in [5.74, 6) is 1.33. The van der Waals surface area contributed by atoms with Crippen molar-refractivity contribution in [1.82, 2.24) is 4.98 Å². The molecular weight excluding hydrogens is 426 g/mol. The molecule has 4 nitrogen and oxygen atoms in total. The van der Waals surface area contributed by atoms with Crippen LogP contribution >= 0.6 is 23.5 Å². The van der Waals surface area contributed by atoms with Gasteiger partial charge in [-0.05, 0) is 47.8 Å². The SMILES string of the molecule is O=C(CCc1ncc(-c2ccc(F)cc2F)o1)Nc1cccc(C2SCCCS2)c1. The fourth-order valence-electron chi connectivity index (χ4n) is 3.13. The van der Waals surface area contributed by atoms with Crippen LogP contribution in [0.25, 0.3) is 11.3 Å². The summed E-state index contributed by atoms with van der Waals surface area (Å²) >= 11 is 3.87. The van der Waals surface area contributed by atoms with Crippen LogP contribution in [-0.4, -0.2) is 22.4 Å². The van der Waals surface area contributed by atoms with Gasteiger partial charge in [0, 0.05) is 24.6 Å². The summed E-state index contributed by atoms with van der Waals surface area (Å²) in [6.07, 6.45) is 3.08. The summed E-state index contributed by atoms with van der Waals surface area (Å²) in [7, 11) is 0. The standard InChI is InChI=1S/C22H20F2N2O2S2/c23-15-5-6-17(18(24)12-15)19-13-25-21(28-19)8-7-20(27)26-16-4-1-3-14(11-16)22-29-9-2-10-30-22/h1,3-6,11-13,22H,2,7-10H2,(H,26,27). The van der Waals surface area contributed by atoms with Crippen molar-refractivity contribution >= 4 is 35.1 Å². The number of rotatable bonds is 6. The molecule has 1 N–H and O–H groups in total. The van der Waals surface area contributed by atoms with Crippen LogP contribution in [0.1, 0.15) is 28.9 Å². The van der Waals surface area contributed by atoms with Crippen molar-refractivity contribution in [2.24, 2.45) is 0 Å². The molecule has 1 aromatic heterocycles. The van der Waals surface area contributed by atoms with Gasteiger partial charge in [0.2, 0.25) is 5.91 Å². The number of carbonyl (C=O) groups is 1. The average molecular weight is 447 g/mol. The molecular formula is C22H20F2N2O2S2. The number of nitrogens with one attached hydrogen (secondary N) is 1. The molecule has 0 saturated carbocycles. The van der Waals surface area contributed by atoms with Crippen molar-refractivity contribution in [3.63, 3.8) is 0 Å². The largest absolute Gasteiger partial charge is 0.441 e. The fourth-order valence-corrected chi connectivity index (χ4v) is 6.00. The van der Waals surface area contributed by atoms with Crippen LogP contribution in [0, 0.1) is 11.6 Å². The number of nitrogens with zero attached hydrogens (tertiary/aromatic N) is 1. The third kappa shape index (κ3) is 5.23. The van der Waals surface area contributed by atoms with Crippen LogP contribution < -0.4 is 5.32 Å². The first-order valence-corrected chi connectivity index (χ1v) is 11.7. The Kier molecular flexibility index (Phi) is 6.74. The molecule has 4 rings (SSSR count). The molecule has 0 unspecified atom stereocenters. The summed E-state index contributed by atoms with van der Waals surface area (Å²) in [6.45, 7) is 0. The highest BCUT2D eigenvalue weighted by atomic mass is 32.2. The topological polar surface area (TPSA) is 55.1 Å². The van der Waals surface area contributed by atoms with Crippen molar-refractivity contribution < 1.29 is 18.0 Å². The smallest absolute Gasteiger partial charge is 0.224 e. The Hall–Kier alpha value is -2.32. The van der Waals surface area contributed by atoms with E-state index in [9.17, 15) is 13.6 Å². The number of benzene rings is 2. The van der Waals surface area contributed by atoms with Crippen molar-refractivity contribution in [1.29, 1.82) is 0 Å². The second-order valence-electron chi connectivity index (χ2n) is 6.84. The lowest BCUT2D eigenvalue weighted by molar-refractivity contribution is -0.116. The maximum Gasteiger partial charge on any atom is 0.224 e. The van der Waals surface area contributed by atoms with Gasteiger partial charge in [-0.3, -0.25) is 4.79 Å². The zero-order valence-electron chi connectivity index (χ0n) is 16.1. The Morgan fingerprint density at radius 1 is 1.17 bits per heavy atom. The number of thioether (sulfide) groups is 2. The van der Waals surface area contributed by atoms with E-state index < -0.39 is 11.6 Å². The van der Waals surface area contributed by atoms with Gasteiger partial charge < -0.3 is 9.73 Å². The van der Waals surface area contributed by atoms with Crippen LogP contribution in [0.3, 0.4) is 0 Å². The molecule has 3 aromatic rings. The van der Waals surface area contributed by atoms with Gasteiger partial charge >= 0.3 is 0 Å². The summed E-state index contributed by atoms with van der Waals surface area (Å²) in [4.78, 5) is 16.4. The number of amides is 1. The lowest BCUT2D eigenvalue weighted by Crippen LogP contribution is -2.12. The monoisotopic (exact) mass is 446 g/mol. The number of halogens is 2. The number of oxazole rings is 1. The lowest BCUT2D eigenvalue weighted by atomic mass is 10.2. The quantitative estimate of drug-likeness (QED) is 0.499. The molecule has 1 fully saturated rings. The van der Waals surface area contributed by atoms with Crippen molar-refractivity contribution in [2.75, 3.05) is 16.8 Å². The van der Waals surface area contributed by atoms with Crippen LogP contribution in [0.2, 0.25) is 0 Å². The van der Waals surface area contributed by atoms with Gasteiger partial charge in [0.1, 0.15) is 11.6 Å². The number of hydrogen-bond acceptors (Lipinski definition) is 5. The van der Waals surface area contributed by atoms with E-state index in [-0.39, 0.29) is 30.1 Å². The zero-order valence-corrected chi connectivity index (χ0v) is 17.7. The predicted octanol–water partition coefficient (Wildman–Crippen LogP) is 6.06. The number of hydrogen-bond donors (Lipinski definition) is 1. The minimum absolute atomic E-state index is 0.134. The molecule has 2 heterocycles. The van der Waals surface area contributed by atoms with Crippen LogP contribution in [0.15, 0.2) is 53.1 Å². The van der Waals surface area contributed by atoms with Crippen molar-refractivity contribution in [3.8, 4) is 11.3 Å². The maximum atomic E-state index is 13.9. The molecule has 0 radical (unpaired) electrons. The van der Waals surface area contributed by atoms with Gasteiger partial charge in [-0.1, -0.05) is 12.1 Å². The molecule has 1 aliphatic rings. The van der Waals surface area contributed by atoms with E-state index in [4.69, 9.17) is 4.42 Å². The molecule has 0 spiro atoms. The van der Waals surface area contributed by atoms with E-state index in [1.165, 1.54) is 24.2 Å². The van der Waals surface area contributed by atoms with E-state index in [0.717, 1.165) is 29.3 Å². The first-order valence-electron chi connectivity index (χ1n) is 9.61. The molecule has 30 heavy (non-hydrogen) atoms.